The Labute approximate surface area is 169 Å². The van der Waals surface area contributed by atoms with Crippen molar-refractivity contribution in [2.24, 2.45) is 0 Å². The normalized spacial score (nSPS) is 17.6. The smallest absolute Gasteiger partial charge is 0.246 e. The molecule has 1 saturated heterocycles. The van der Waals surface area contributed by atoms with Gasteiger partial charge in [-0.1, -0.05) is 18.5 Å². The van der Waals surface area contributed by atoms with Crippen LogP contribution >= 0.6 is 11.6 Å². The maximum Gasteiger partial charge on any atom is 0.246 e. The summed E-state index contributed by atoms with van der Waals surface area (Å²) in [5.74, 6) is 0.340. The number of tetrazole rings is 1. The molecule has 152 valence electrons. The van der Waals surface area contributed by atoms with Gasteiger partial charge < -0.3 is 14.8 Å². The van der Waals surface area contributed by atoms with E-state index in [2.05, 4.69) is 20.7 Å². The van der Waals surface area contributed by atoms with Gasteiger partial charge in [-0.15, -0.1) is 10.2 Å². The summed E-state index contributed by atoms with van der Waals surface area (Å²) in [5, 5.41) is 16.0. The Kier molecular flexibility index (Phi) is 7.76. The van der Waals surface area contributed by atoms with Crippen molar-refractivity contribution in [2.45, 2.75) is 44.8 Å². The Bertz CT molecular complexity index is 746. The summed E-state index contributed by atoms with van der Waals surface area (Å²) in [6.45, 7) is 4.51. The minimum atomic E-state index is -0.499. The van der Waals surface area contributed by atoms with Gasteiger partial charge >= 0.3 is 0 Å². The van der Waals surface area contributed by atoms with E-state index in [4.69, 9.17) is 21.1 Å². The SMILES string of the molecule is CCC(C(=O)NCCCOCC1CCCO1)n1nnc(-c2ccc(Cl)cc2)n1. The van der Waals surface area contributed by atoms with Crippen LogP contribution in [0.3, 0.4) is 0 Å². The number of carbonyl (C=O) groups is 1. The van der Waals surface area contributed by atoms with Gasteiger partial charge in [0.2, 0.25) is 11.7 Å². The molecule has 2 aromatic rings. The lowest BCUT2D eigenvalue weighted by Gasteiger charge is -2.14. The molecule has 0 spiro atoms. The van der Waals surface area contributed by atoms with E-state index in [0.717, 1.165) is 31.4 Å². The van der Waals surface area contributed by atoms with E-state index in [1.165, 1.54) is 4.80 Å². The van der Waals surface area contributed by atoms with Gasteiger partial charge in [0, 0.05) is 30.3 Å². The molecule has 1 fully saturated rings. The van der Waals surface area contributed by atoms with E-state index in [0.29, 0.717) is 37.0 Å². The summed E-state index contributed by atoms with van der Waals surface area (Å²) < 4.78 is 11.1. The third kappa shape index (κ3) is 5.73. The van der Waals surface area contributed by atoms with E-state index < -0.39 is 6.04 Å². The molecule has 1 aliphatic heterocycles. The van der Waals surface area contributed by atoms with Crippen LogP contribution in [0.25, 0.3) is 11.4 Å². The highest BCUT2D eigenvalue weighted by atomic mass is 35.5. The monoisotopic (exact) mass is 407 g/mol. The number of ether oxygens (including phenoxy) is 2. The molecule has 2 unspecified atom stereocenters. The van der Waals surface area contributed by atoms with Crippen molar-refractivity contribution in [2.75, 3.05) is 26.4 Å². The van der Waals surface area contributed by atoms with Gasteiger partial charge in [-0.2, -0.15) is 4.80 Å². The first-order valence-electron chi connectivity index (χ1n) is 9.70. The van der Waals surface area contributed by atoms with Crippen LogP contribution in [0.1, 0.15) is 38.6 Å². The summed E-state index contributed by atoms with van der Waals surface area (Å²) in [7, 11) is 0. The summed E-state index contributed by atoms with van der Waals surface area (Å²) in [4.78, 5) is 13.9. The highest BCUT2D eigenvalue weighted by molar-refractivity contribution is 6.30. The molecule has 0 aliphatic carbocycles. The van der Waals surface area contributed by atoms with Gasteiger partial charge in [0.05, 0.1) is 12.7 Å². The molecule has 0 radical (unpaired) electrons. The van der Waals surface area contributed by atoms with Crippen LogP contribution in [-0.4, -0.2) is 58.6 Å². The van der Waals surface area contributed by atoms with Crippen LogP contribution in [0.15, 0.2) is 24.3 Å². The fraction of sp³-hybridized carbons (Fsp3) is 0.579. The Balaban J connectivity index is 1.43. The minimum Gasteiger partial charge on any atom is -0.379 e. The minimum absolute atomic E-state index is 0.123. The van der Waals surface area contributed by atoms with E-state index in [9.17, 15) is 4.79 Å². The average molecular weight is 408 g/mol. The number of benzene rings is 1. The first kappa shape index (κ1) is 20.7. The van der Waals surface area contributed by atoms with Crippen LogP contribution in [-0.2, 0) is 14.3 Å². The lowest BCUT2D eigenvalue weighted by atomic mass is 10.2. The number of carbonyl (C=O) groups excluding carboxylic acids is 1. The Morgan fingerprint density at radius 2 is 2.25 bits per heavy atom. The van der Waals surface area contributed by atoms with Gasteiger partial charge in [-0.05, 0) is 55.2 Å². The standard InChI is InChI=1S/C19H26ClN5O3/c1-2-17(19(26)21-10-4-11-27-13-16-5-3-12-28-16)25-23-18(22-24-25)14-6-8-15(20)9-7-14/h6-9,16-17H,2-5,10-13H2,1H3,(H,21,26). The predicted molar refractivity (Wildman–Crippen MR) is 105 cm³/mol. The zero-order valence-electron chi connectivity index (χ0n) is 16.0. The molecular formula is C19H26ClN5O3. The summed E-state index contributed by atoms with van der Waals surface area (Å²) in [5.41, 5.74) is 0.800. The number of nitrogens with one attached hydrogen (secondary N) is 1. The van der Waals surface area contributed by atoms with Crippen LogP contribution < -0.4 is 5.32 Å². The first-order chi connectivity index (χ1) is 13.7. The van der Waals surface area contributed by atoms with E-state index in [1.807, 2.05) is 19.1 Å². The quantitative estimate of drug-likeness (QED) is 0.609. The van der Waals surface area contributed by atoms with Crippen LogP contribution in [0.4, 0.5) is 0 Å². The largest absolute Gasteiger partial charge is 0.379 e. The van der Waals surface area contributed by atoms with Gasteiger partial charge in [0.1, 0.15) is 0 Å². The fourth-order valence-electron chi connectivity index (χ4n) is 3.02. The molecule has 2 atom stereocenters. The van der Waals surface area contributed by atoms with Crippen molar-refractivity contribution >= 4 is 17.5 Å². The number of halogens is 1. The number of hydrogen-bond donors (Lipinski definition) is 1. The molecule has 28 heavy (non-hydrogen) atoms. The van der Waals surface area contributed by atoms with E-state index >= 15 is 0 Å². The van der Waals surface area contributed by atoms with Crippen molar-refractivity contribution in [3.05, 3.63) is 29.3 Å². The van der Waals surface area contributed by atoms with Crippen molar-refractivity contribution < 1.29 is 14.3 Å². The molecule has 0 bridgehead atoms. The van der Waals surface area contributed by atoms with Gasteiger partial charge in [-0.25, -0.2) is 0 Å². The molecule has 1 N–H and O–H groups in total. The number of amides is 1. The number of aromatic nitrogens is 4. The van der Waals surface area contributed by atoms with Crippen molar-refractivity contribution in [3.8, 4) is 11.4 Å². The Morgan fingerprint density at radius 3 is 2.96 bits per heavy atom. The lowest BCUT2D eigenvalue weighted by molar-refractivity contribution is -0.125. The number of rotatable bonds is 10. The Hall–Kier alpha value is -2.03. The second-order valence-corrected chi connectivity index (χ2v) is 7.16. The summed E-state index contributed by atoms with van der Waals surface area (Å²) >= 11 is 5.90. The number of hydrogen-bond acceptors (Lipinski definition) is 6. The summed E-state index contributed by atoms with van der Waals surface area (Å²) in [6.07, 6.45) is 3.72. The molecule has 1 aliphatic rings. The van der Waals surface area contributed by atoms with Crippen LogP contribution in [0.5, 0.6) is 0 Å². The van der Waals surface area contributed by atoms with Crippen molar-refractivity contribution in [1.82, 2.24) is 25.5 Å². The van der Waals surface area contributed by atoms with Gasteiger partial charge in [0.15, 0.2) is 6.04 Å². The van der Waals surface area contributed by atoms with Gasteiger partial charge in [-0.3, -0.25) is 4.79 Å². The predicted octanol–water partition coefficient (Wildman–Crippen LogP) is 2.65. The molecule has 3 rings (SSSR count). The second-order valence-electron chi connectivity index (χ2n) is 6.72. The zero-order valence-corrected chi connectivity index (χ0v) is 16.8. The fourth-order valence-corrected chi connectivity index (χ4v) is 3.15. The van der Waals surface area contributed by atoms with E-state index in [-0.39, 0.29) is 12.0 Å². The molecule has 8 nitrogen and oxygen atoms in total. The molecule has 2 heterocycles. The topological polar surface area (TPSA) is 91.2 Å². The third-order valence-corrected chi connectivity index (χ3v) is 4.84. The molecule has 1 aromatic heterocycles. The highest BCUT2D eigenvalue weighted by Gasteiger charge is 2.21. The summed E-state index contributed by atoms with van der Waals surface area (Å²) in [6, 6.07) is 6.68. The number of nitrogens with zero attached hydrogens (tertiary/aromatic N) is 4. The zero-order chi connectivity index (χ0) is 19.8. The average Bonchev–Trinajstić information content (AvgIpc) is 3.38. The van der Waals surface area contributed by atoms with Crippen LogP contribution in [0.2, 0.25) is 5.02 Å². The maximum atomic E-state index is 12.5. The second kappa shape index (κ2) is 10.5. The lowest BCUT2D eigenvalue weighted by Crippen LogP contribution is -2.34. The van der Waals surface area contributed by atoms with Gasteiger partial charge in [0.25, 0.3) is 0 Å². The molecular weight excluding hydrogens is 382 g/mol. The molecule has 1 aromatic carbocycles. The molecule has 9 heteroatoms. The third-order valence-electron chi connectivity index (χ3n) is 4.59. The molecule has 0 saturated carbocycles. The highest BCUT2D eigenvalue weighted by Crippen LogP contribution is 2.18. The molecule has 1 amide bonds. The van der Waals surface area contributed by atoms with Crippen molar-refractivity contribution in [3.63, 3.8) is 0 Å². The Morgan fingerprint density at radius 1 is 1.43 bits per heavy atom. The maximum absolute atomic E-state index is 12.5. The first-order valence-corrected chi connectivity index (χ1v) is 10.1. The van der Waals surface area contributed by atoms with Crippen LogP contribution in [0, 0.1) is 0 Å². The van der Waals surface area contributed by atoms with Crippen molar-refractivity contribution in [1.29, 1.82) is 0 Å². The van der Waals surface area contributed by atoms with E-state index in [1.54, 1.807) is 12.1 Å².